The number of hydrogen-bond acceptors (Lipinski definition) is 6. The molecule has 0 bridgehead atoms. The summed E-state index contributed by atoms with van der Waals surface area (Å²) in [5.74, 6) is 7.68. The average Bonchev–Trinajstić information content (AvgIpc) is 2.29. The summed E-state index contributed by atoms with van der Waals surface area (Å²) in [5, 5.41) is 6.93. The molecule has 1 aliphatic rings. The van der Waals surface area contributed by atoms with E-state index in [1.165, 1.54) is 34.5 Å². The molecule has 6 heteroatoms. The summed E-state index contributed by atoms with van der Waals surface area (Å²) in [4.78, 5) is 0. The molecule has 0 unspecified atom stereocenters. The van der Waals surface area contributed by atoms with Crippen molar-refractivity contribution in [1.29, 1.82) is 0 Å². The molecule has 1 aliphatic heterocycles. The molecule has 0 aromatic rings. The lowest BCUT2D eigenvalue weighted by Crippen LogP contribution is -2.30. The first-order chi connectivity index (χ1) is 8.00. The molecule has 16 heavy (non-hydrogen) atoms. The fourth-order valence-corrected chi connectivity index (χ4v) is 5.86. The molecule has 96 valence electrons. The Morgan fingerprint density at radius 3 is 1.50 bits per heavy atom. The lowest BCUT2D eigenvalue weighted by molar-refractivity contribution is 0.645. The minimum atomic E-state index is 1.11. The molecule has 2 nitrogen and oxygen atoms in total. The number of rotatable bonds is 0. The van der Waals surface area contributed by atoms with Crippen LogP contribution in [0.25, 0.3) is 0 Å². The topological polar surface area (TPSA) is 24.1 Å². The SMILES string of the molecule is C1CNCCSCCSSCCSCCN1. The summed E-state index contributed by atoms with van der Waals surface area (Å²) >= 11 is 4.13. The van der Waals surface area contributed by atoms with Crippen molar-refractivity contribution in [2.24, 2.45) is 0 Å². The van der Waals surface area contributed by atoms with Crippen molar-refractivity contribution in [3.63, 3.8) is 0 Å². The minimum absolute atomic E-state index is 1.11. The minimum Gasteiger partial charge on any atom is -0.315 e. The van der Waals surface area contributed by atoms with Crippen LogP contribution in [0.4, 0.5) is 0 Å². The zero-order valence-corrected chi connectivity index (χ0v) is 13.0. The third kappa shape index (κ3) is 10.5. The summed E-state index contributed by atoms with van der Waals surface area (Å²) in [5.41, 5.74) is 0. The Labute approximate surface area is 116 Å². The third-order valence-electron chi connectivity index (χ3n) is 2.03. The molecule has 0 spiro atoms. The Kier molecular flexibility index (Phi) is 12.3. The fourth-order valence-electron chi connectivity index (χ4n) is 1.22. The van der Waals surface area contributed by atoms with Crippen LogP contribution in [0.5, 0.6) is 0 Å². The van der Waals surface area contributed by atoms with Gasteiger partial charge in [0, 0.05) is 60.7 Å². The first-order valence-corrected chi connectivity index (χ1v) is 10.6. The van der Waals surface area contributed by atoms with E-state index in [4.69, 9.17) is 0 Å². The second kappa shape index (κ2) is 12.8. The van der Waals surface area contributed by atoms with E-state index in [0.717, 1.165) is 26.2 Å². The first-order valence-electron chi connectivity index (χ1n) is 5.81. The van der Waals surface area contributed by atoms with E-state index >= 15 is 0 Å². The van der Waals surface area contributed by atoms with Gasteiger partial charge in [-0.1, -0.05) is 21.6 Å². The van der Waals surface area contributed by atoms with Gasteiger partial charge in [0.25, 0.3) is 0 Å². The van der Waals surface area contributed by atoms with Crippen molar-refractivity contribution < 1.29 is 0 Å². The molecule has 1 rings (SSSR count). The quantitative estimate of drug-likeness (QED) is 0.664. The van der Waals surface area contributed by atoms with E-state index in [0.29, 0.717) is 0 Å². The summed E-state index contributed by atoms with van der Waals surface area (Å²) in [6, 6.07) is 0. The Morgan fingerprint density at radius 2 is 1.00 bits per heavy atom. The standard InChI is InChI=1S/C10H22N2S4/c1-2-12-4-6-14-8-10-16-15-9-7-13-5-3-11-1/h11-12H,1-10H2. The van der Waals surface area contributed by atoms with Crippen molar-refractivity contribution in [3.05, 3.63) is 0 Å². The van der Waals surface area contributed by atoms with Crippen LogP contribution in [-0.2, 0) is 0 Å². The molecular formula is C10H22N2S4. The van der Waals surface area contributed by atoms with E-state index in [2.05, 4.69) is 34.2 Å². The lowest BCUT2D eigenvalue weighted by atomic mass is 10.5. The van der Waals surface area contributed by atoms with Gasteiger partial charge in [0.1, 0.15) is 0 Å². The maximum absolute atomic E-state index is 3.47. The second-order valence-electron chi connectivity index (χ2n) is 3.37. The predicted octanol–water partition coefficient (Wildman–Crippen LogP) is 2.03. The van der Waals surface area contributed by atoms with Gasteiger partial charge in [0.05, 0.1) is 0 Å². The highest BCUT2D eigenvalue weighted by molar-refractivity contribution is 8.76. The summed E-state index contributed by atoms with van der Waals surface area (Å²) in [6.07, 6.45) is 0. The molecule has 0 aromatic carbocycles. The van der Waals surface area contributed by atoms with Gasteiger partial charge in [-0.25, -0.2) is 0 Å². The number of thioether (sulfide) groups is 2. The van der Waals surface area contributed by atoms with Gasteiger partial charge < -0.3 is 10.6 Å². The summed E-state index contributed by atoms with van der Waals surface area (Å²) < 4.78 is 0. The normalized spacial score (nSPS) is 24.0. The lowest BCUT2D eigenvalue weighted by Gasteiger charge is -2.08. The zero-order chi connectivity index (χ0) is 11.3. The molecule has 2 N–H and O–H groups in total. The highest BCUT2D eigenvalue weighted by atomic mass is 33.1. The average molecular weight is 299 g/mol. The van der Waals surface area contributed by atoms with Gasteiger partial charge in [-0.15, -0.1) is 0 Å². The summed E-state index contributed by atoms with van der Waals surface area (Å²) in [6.45, 7) is 4.52. The van der Waals surface area contributed by atoms with E-state index in [-0.39, 0.29) is 0 Å². The molecular weight excluding hydrogens is 276 g/mol. The van der Waals surface area contributed by atoms with Gasteiger partial charge in [0.2, 0.25) is 0 Å². The Hall–Kier alpha value is 1.32. The van der Waals surface area contributed by atoms with Crippen molar-refractivity contribution in [1.82, 2.24) is 10.6 Å². The van der Waals surface area contributed by atoms with E-state index in [1.807, 2.05) is 21.6 Å². The molecule has 1 fully saturated rings. The van der Waals surface area contributed by atoms with Crippen LogP contribution in [0.2, 0.25) is 0 Å². The monoisotopic (exact) mass is 298 g/mol. The van der Waals surface area contributed by atoms with Crippen LogP contribution < -0.4 is 10.6 Å². The summed E-state index contributed by atoms with van der Waals surface area (Å²) in [7, 11) is 4.07. The highest BCUT2D eigenvalue weighted by Crippen LogP contribution is 2.23. The molecule has 0 amide bonds. The van der Waals surface area contributed by atoms with Gasteiger partial charge in [-0.2, -0.15) is 23.5 Å². The van der Waals surface area contributed by atoms with Crippen molar-refractivity contribution in [2.75, 3.05) is 60.7 Å². The van der Waals surface area contributed by atoms with Crippen LogP contribution in [0.15, 0.2) is 0 Å². The van der Waals surface area contributed by atoms with Crippen molar-refractivity contribution in [2.45, 2.75) is 0 Å². The number of nitrogens with one attached hydrogen (secondary N) is 2. The van der Waals surface area contributed by atoms with Crippen LogP contribution >= 0.6 is 45.1 Å². The number of hydrogen-bond donors (Lipinski definition) is 2. The van der Waals surface area contributed by atoms with E-state index < -0.39 is 0 Å². The largest absolute Gasteiger partial charge is 0.315 e. The maximum Gasteiger partial charge on any atom is 0.0128 e. The molecule has 0 aromatic heterocycles. The van der Waals surface area contributed by atoms with Gasteiger partial charge in [0.15, 0.2) is 0 Å². The molecule has 0 aliphatic carbocycles. The maximum atomic E-state index is 3.47. The highest BCUT2D eigenvalue weighted by Gasteiger charge is 1.95. The van der Waals surface area contributed by atoms with Gasteiger partial charge >= 0.3 is 0 Å². The molecule has 0 saturated carbocycles. The Bertz CT molecular complexity index is 84.8. The molecule has 0 atom stereocenters. The zero-order valence-electron chi connectivity index (χ0n) is 9.70. The van der Waals surface area contributed by atoms with Gasteiger partial charge in [-0.3, -0.25) is 0 Å². The smallest absolute Gasteiger partial charge is 0.0128 e. The Morgan fingerprint density at radius 1 is 0.500 bits per heavy atom. The first kappa shape index (κ1) is 15.4. The van der Waals surface area contributed by atoms with Gasteiger partial charge in [-0.05, 0) is 0 Å². The van der Waals surface area contributed by atoms with E-state index in [1.54, 1.807) is 0 Å². The van der Waals surface area contributed by atoms with Crippen LogP contribution in [-0.4, -0.2) is 60.7 Å². The Balaban J connectivity index is 2.00. The fraction of sp³-hybridized carbons (Fsp3) is 1.00. The predicted molar refractivity (Wildman–Crippen MR) is 85.3 cm³/mol. The van der Waals surface area contributed by atoms with Crippen LogP contribution in [0.1, 0.15) is 0 Å². The molecule has 0 radical (unpaired) electrons. The molecule has 1 saturated heterocycles. The van der Waals surface area contributed by atoms with Crippen molar-refractivity contribution in [3.8, 4) is 0 Å². The second-order valence-corrected chi connectivity index (χ2v) is 8.52. The van der Waals surface area contributed by atoms with Crippen LogP contribution in [0.3, 0.4) is 0 Å². The van der Waals surface area contributed by atoms with Crippen LogP contribution in [0, 0.1) is 0 Å². The molecule has 1 heterocycles. The third-order valence-corrected chi connectivity index (χ3v) is 6.93. The van der Waals surface area contributed by atoms with E-state index in [9.17, 15) is 0 Å². The van der Waals surface area contributed by atoms with Crippen molar-refractivity contribution >= 4 is 45.1 Å².